The molecular weight excluding hydrogens is 284 g/mol. The second kappa shape index (κ2) is 7.05. The van der Waals surface area contributed by atoms with Gasteiger partial charge in [0.1, 0.15) is 5.22 Å². The van der Waals surface area contributed by atoms with Gasteiger partial charge in [-0.25, -0.2) is 4.79 Å². The van der Waals surface area contributed by atoms with Crippen molar-refractivity contribution in [1.29, 1.82) is 0 Å². The third-order valence-electron chi connectivity index (χ3n) is 4.21. The minimum Gasteiger partial charge on any atom is -0.457 e. The lowest BCUT2D eigenvalue weighted by atomic mass is 10.3. The van der Waals surface area contributed by atoms with Crippen molar-refractivity contribution >= 4 is 22.4 Å². The molecule has 0 aromatic rings. The maximum absolute atomic E-state index is 11.6. The molecule has 0 saturated carbocycles. The summed E-state index contributed by atoms with van der Waals surface area (Å²) >= 11 is 0. The highest BCUT2D eigenvalue weighted by Crippen LogP contribution is 2.32. The van der Waals surface area contributed by atoms with E-state index in [9.17, 15) is 4.79 Å². The first kappa shape index (κ1) is 19.6. The van der Waals surface area contributed by atoms with Crippen LogP contribution in [-0.2, 0) is 14.0 Å². The molecule has 3 nitrogen and oxygen atoms in total. The van der Waals surface area contributed by atoms with Gasteiger partial charge in [-0.15, -0.1) is 0 Å². The van der Waals surface area contributed by atoms with Gasteiger partial charge in [-0.2, -0.15) is 0 Å². The van der Waals surface area contributed by atoms with Crippen LogP contribution < -0.4 is 0 Å². The molecule has 0 rings (SSSR count). The SMILES string of the molecule is C=CC(=O)O[C@@](C)(CC)[Si](C)(C)OC(CC)[Si](C)(C)C. The van der Waals surface area contributed by atoms with Crippen molar-refractivity contribution in [1.82, 2.24) is 0 Å². The van der Waals surface area contributed by atoms with E-state index in [0.717, 1.165) is 12.8 Å². The fraction of sp³-hybridized carbons (Fsp3) is 0.800. The molecule has 2 atom stereocenters. The third kappa shape index (κ3) is 4.86. The van der Waals surface area contributed by atoms with E-state index in [0.29, 0.717) is 5.73 Å². The highest BCUT2D eigenvalue weighted by molar-refractivity contribution is 6.80. The highest BCUT2D eigenvalue weighted by Gasteiger charge is 2.49. The Kier molecular flexibility index (Phi) is 6.91. The molecule has 0 radical (unpaired) electrons. The molecule has 0 N–H and O–H groups in total. The minimum atomic E-state index is -2.19. The van der Waals surface area contributed by atoms with Crippen LogP contribution in [0.1, 0.15) is 33.6 Å². The van der Waals surface area contributed by atoms with E-state index in [1.165, 1.54) is 6.08 Å². The number of ether oxygens (including phenoxy) is 1. The van der Waals surface area contributed by atoms with Crippen molar-refractivity contribution in [2.24, 2.45) is 0 Å². The van der Waals surface area contributed by atoms with E-state index in [4.69, 9.17) is 9.16 Å². The van der Waals surface area contributed by atoms with Gasteiger partial charge >= 0.3 is 5.97 Å². The fourth-order valence-electron chi connectivity index (χ4n) is 2.24. The van der Waals surface area contributed by atoms with Gasteiger partial charge in [0.05, 0.1) is 8.07 Å². The van der Waals surface area contributed by atoms with E-state index in [2.05, 4.69) is 46.2 Å². The Morgan fingerprint density at radius 1 is 1.25 bits per heavy atom. The Morgan fingerprint density at radius 3 is 2.05 bits per heavy atom. The number of carbonyl (C=O) groups is 1. The van der Waals surface area contributed by atoms with Gasteiger partial charge in [0.15, 0.2) is 0 Å². The zero-order valence-corrected chi connectivity index (χ0v) is 16.5. The number of hydrogen-bond donors (Lipinski definition) is 0. The van der Waals surface area contributed by atoms with E-state index < -0.39 is 21.6 Å². The molecule has 5 heteroatoms. The lowest BCUT2D eigenvalue weighted by Gasteiger charge is -2.44. The van der Waals surface area contributed by atoms with Crippen LogP contribution in [0.5, 0.6) is 0 Å². The molecule has 0 spiro atoms. The van der Waals surface area contributed by atoms with Gasteiger partial charge in [0, 0.05) is 11.8 Å². The Hall–Kier alpha value is -0.396. The largest absolute Gasteiger partial charge is 0.457 e. The van der Waals surface area contributed by atoms with E-state index in [1.807, 2.05) is 13.8 Å². The maximum atomic E-state index is 11.6. The normalized spacial score (nSPS) is 17.2. The molecule has 0 saturated heterocycles. The minimum absolute atomic E-state index is 0.303. The zero-order chi connectivity index (χ0) is 16.2. The Morgan fingerprint density at radius 2 is 1.75 bits per heavy atom. The van der Waals surface area contributed by atoms with Gasteiger partial charge in [0.25, 0.3) is 0 Å². The third-order valence-corrected chi connectivity index (χ3v) is 10.8. The summed E-state index contributed by atoms with van der Waals surface area (Å²) in [6, 6.07) is 0. The van der Waals surface area contributed by atoms with Crippen LogP contribution in [-0.4, -0.2) is 33.3 Å². The van der Waals surface area contributed by atoms with Crippen LogP contribution in [0.2, 0.25) is 32.7 Å². The molecule has 0 bridgehead atoms. The van der Waals surface area contributed by atoms with Crippen molar-refractivity contribution in [2.75, 3.05) is 0 Å². The molecule has 0 heterocycles. The van der Waals surface area contributed by atoms with Crippen molar-refractivity contribution < 1.29 is 14.0 Å². The van der Waals surface area contributed by atoms with Gasteiger partial charge in [-0.3, -0.25) is 0 Å². The van der Waals surface area contributed by atoms with Crippen molar-refractivity contribution in [2.45, 2.75) is 77.3 Å². The average molecular weight is 317 g/mol. The molecule has 20 heavy (non-hydrogen) atoms. The quantitative estimate of drug-likeness (QED) is 0.380. The van der Waals surface area contributed by atoms with Crippen LogP contribution in [0.3, 0.4) is 0 Å². The Bertz CT molecular complexity index is 348. The van der Waals surface area contributed by atoms with Gasteiger partial charge in [-0.1, -0.05) is 40.1 Å². The first-order chi connectivity index (χ1) is 8.93. The van der Waals surface area contributed by atoms with Crippen LogP contribution in [0, 0.1) is 0 Å². The molecule has 0 amide bonds. The predicted molar refractivity (Wildman–Crippen MR) is 91.0 cm³/mol. The Labute approximate surface area is 126 Å². The average Bonchev–Trinajstić information content (AvgIpc) is 2.33. The highest BCUT2D eigenvalue weighted by atomic mass is 28.4. The number of carbonyl (C=O) groups excluding carboxylic acids is 1. The van der Waals surface area contributed by atoms with E-state index in [-0.39, 0.29) is 5.97 Å². The summed E-state index contributed by atoms with van der Waals surface area (Å²) in [5, 5.41) is -0.522. The molecule has 0 aliphatic heterocycles. The van der Waals surface area contributed by atoms with E-state index >= 15 is 0 Å². The van der Waals surface area contributed by atoms with E-state index in [1.54, 1.807) is 0 Å². The zero-order valence-electron chi connectivity index (χ0n) is 14.5. The number of hydrogen-bond acceptors (Lipinski definition) is 3. The van der Waals surface area contributed by atoms with Crippen LogP contribution in [0.4, 0.5) is 0 Å². The van der Waals surface area contributed by atoms with Crippen molar-refractivity contribution in [3.05, 3.63) is 12.7 Å². The predicted octanol–water partition coefficient (Wildman–Crippen LogP) is 4.30. The molecule has 0 aliphatic carbocycles. The summed E-state index contributed by atoms with van der Waals surface area (Å²) in [5.41, 5.74) is 0.303. The fourth-order valence-corrected chi connectivity index (χ4v) is 8.09. The number of esters is 1. The molecule has 0 aromatic heterocycles. The topological polar surface area (TPSA) is 35.5 Å². The lowest BCUT2D eigenvalue weighted by Crippen LogP contribution is -2.60. The standard InChI is InChI=1S/C15H32O3Si2/c1-10-13(16)17-15(4,12-3)20(8,9)18-14(11-2)19(5,6)7/h10,14H,1,11-12H2,2-9H3/t14?,15-/m1/s1. The van der Waals surface area contributed by atoms with Gasteiger partial charge in [0.2, 0.25) is 8.32 Å². The second-order valence-electron chi connectivity index (χ2n) is 7.10. The molecule has 0 aliphatic rings. The lowest BCUT2D eigenvalue weighted by molar-refractivity contribution is -0.147. The summed E-state index contributed by atoms with van der Waals surface area (Å²) in [4.78, 5) is 11.6. The Balaban J connectivity index is 5.24. The smallest absolute Gasteiger partial charge is 0.330 e. The van der Waals surface area contributed by atoms with Gasteiger partial charge < -0.3 is 9.16 Å². The van der Waals surface area contributed by atoms with Crippen LogP contribution in [0.15, 0.2) is 12.7 Å². The first-order valence-corrected chi connectivity index (χ1v) is 13.9. The van der Waals surface area contributed by atoms with Crippen molar-refractivity contribution in [3.63, 3.8) is 0 Å². The van der Waals surface area contributed by atoms with Crippen molar-refractivity contribution in [3.8, 4) is 0 Å². The second-order valence-corrected chi connectivity index (χ2v) is 16.8. The molecule has 0 fully saturated rings. The number of rotatable bonds is 8. The van der Waals surface area contributed by atoms with Crippen LogP contribution in [0.25, 0.3) is 0 Å². The first-order valence-electron chi connectivity index (χ1n) is 7.46. The monoisotopic (exact) mass is 316 g/mol. The summed E-state index contributed by atoms with van der Waals surface area (Å²) in [7, 11) is -3.57. The maximum Gasteiger partial charge on any atom is 0.330 e. The molecule has 1 unspecified atom stereocenters. The summed E-state index contributed by atoms with van der Waals surface area (Å²) in [6.45, 7) is 21.0. The van der Waals surface area contributed by atoms with Crippen LogP contribution >= 0.6 is 0 Å². The summed E-state index contributed by atoms with van der Waals surface area (Å²) in [5.74, 6) is -0.362. The molecular formula is C15H32O3Si2. The summed E-state index contributed by atoms with van der Waals surface area (Å²) < 4.78 is 12.2. The molecule has 118 valence electrons. The summed E-state index contributed by atoms with van der Waals surface area (Å²) in [6.07, 6.45) is 3.00. The van der Waals surface area contributed by atoms with Gasteiger partial charge in [-0.05, 0) is 32.9 Å². The molecule has 0 aromatic carbocycles.